The lowest BCUT2D eigenvalue weighted by atomic mass is 10.0. The monoisotopic (exact) mass is 265 g/mol. The Hall–Kier alpha value is -1.52. The van der Waals surface area contributed by atoms with Crippen LogP contribution in [0.1, 0.15) is 17.2 Å². The van der Waals surface area contributed by atoms with E-state index in [-0.39, 0.29) is 11.9 Å². The van der Waals surface area contributed by atoms with E-state index in [1.165, 1.54) is 12.3 Å². The molecule has 0 saturated carbocycles. The van der Waals surface area contributed by atoms with Gasteiger partial charge in [0.05, 0.1) is 11.2 Å². The standard InChI is InChI=1S/C13H13ClFN3/c1-16-13(10-4-11(15)7-18-6-10)5-9-2-3-17-8-12(9)14/h2-4,6-8,13,16H,5H2,1H3. The minimum Gasteiger partial charge on any atom is -0.313 e. The smallest absolute Gasteiger partial charge is 0.141 e. The van der Waals surface area contributed by atoms with Gasteiger partial charge >= 0.3 is 0 Å². The van der Waals surface area contributed by atoms with Crippen molar-refractivity contribution in [2.45, 2.75) is 12.5 Å². The Labute approximate surface area is 110 Å². The van der Waals surface area contributed by atoms with E-state index in [1.54, 1.807) is 18.6 Å². The van der Waals surface area contributed by atoms with Crippen molar-refractivity contribution in [1.82, 2.24) is 15.3 Å². The quantitative estimate of drug-likeness (QED) is 0.924. The first kappa shape index (κ1) is 12.9. The molecule has 0 saturated heterocycles. The van der Waals surface area contributed by atoms with Crippen LogP contribution < -0.4 is 5.32 Å². The Bertz CT molecular complexity index is 533. The molecule has 2 aromatic heterocycles. The molecule has 94 valence electrons. The molecule has 1 atom stereocenters. The highest BCUT2D eigenvalue weighted by atomic mass is 35.5. The third-order valence-corrected chi connectivity index (χ3v) is 3.10. The number of nitrogens with one attached hydrogen (secondary N) is 1. The van der Waals surface area contributed by atoms with Gasteiger partial charge in [0.2, 0.25) is 0 Å². The number of rotatable bonds is 4. The maximum atomic E-state index is 13.2. The molecular formula is C13H13ClFN3. The van der Waals surface area contributed by atoms with Crippen molar-refractivity contribution in [2.24, 2.45) is 0 Å². The molecule has 0 fully saturated rings. The summed E-state index contributed by atoms with van der Waals surface area (Å²) >= 11 is 6.06. The second-order valence-electron chi connectivity index (χ2n) is 3.95. The van der Waals surface area contributed by atoms with Gasteiger partial charge in [0, 0.05) is 24.6 Å². The van der Waals surface area contributed by atoms with E-state index < -0.39 is 0 Å². The fraction of sp³-hybridized carbons (Fsp3) is 0.231. The van der Waals surface area contributed by atoms with Gasteiger partial charge in [-0.25, -0.2) is 4.39 Å². The van der Waals surface area contributed by atoms with Crippen molar-refractivity contribution < 1.29 is 4.39 Å². The second-order valence-corrected chi connectivity index (χ2v) is 4.36. The van der Waals surface area contributed by atoms with Gasteiger partial charge in [0.1, 0.15) is 5.82 Å². The fourth-order valence-electron chi connectivity index (χ4n) is 1.79. The van der Waals surface area contributed by atoms with Crippen LogP contribution in [0.5, 0.6) is 0 Å². The highest BCUT2D eigenvalue weighted by molar-refractivity contribution is 6.31. The molecule has 2 heterocycles. The molecule has 1 N–H and O–H groups in total. The predicted molar refractivity (Wildman–Crippen MR) is 68.9 cm³/mol. The Morgan fingerprint density at radius 3 is 2.83 bits per heavy atom. The molecule has 0 aliphatic rings. The van der Waals surface area contributed by atoms with Crippen molar-refractivity contribution in [3.63, 3.8) is 0 Å². The average molecular weight is 266 g/mol. The number of hydrogen-bond donors (Lipinski definition) is 1. The van der Waals surface area contributed by atoms with Crippen molar-refractivity contribution in [1.29, 1.82) is 0 Å². The van der Waals surface area contributed by atoms with Crippen LogP contribution >= 0.6 is 11.6 Å². The Kier molecular flexibility index (Phi) is 4.23. The largest absolute Gasteiger partial charge is 0.313 e. The minimum atomic E-state index is -0.339. The second kappa shape index (κ2) is 5.89. The lowest BCUT2D eigenvalue weighted by Crippen LogP contribution is -2.19. The number of hydrogen-bond acceptors (Lipinski definition) is 3. The lowest BCUT2D eigenvalue weighted by molar-refractivity contribution is 0.571. The zero-order chi connectivity index (χ0) is 13.0. The van der Waals surface area contributed by atoms with Crippen LogP contribution in [0.25, 0.3) is 0 Å². The highest BCUT2D eigenvalue weighted by Crippen LogP contribution is 2.22. The van der Waals surface area contributed by atoms with Crippen LogP contribution in [0.4, 0.5) is 4.39 Å². The molecule has 0 bridgehead atoms. The zero-order valence-electron chi connectivity index (χ0n) is 9.90. The molecule has 5 heteroatoms. The van der Waals surface area contributed by atoms with Crippen molar-refractivity contribution >= 4 is 11.6 Å². The SMILES string of the molecule is CNC(Cc1ccncc1Cl)c1cncc(F)c1. The van der Waals surface area contributed by atoms with Crippen LogP contribution in [-0.4, -0.2) is 17.0 Å². The number of aromatic nitrogens is 2. The third kappa shape index (κ3) is 3.03. The summed E-state index contributed by atoms with van der Waals surface area (Å²) in [5.74, 6) is -0.339. The van der Waals surface area contributed by atoms with Gasteiger partial charge in [0.15, 0.2) is 0 Å². The molecule has 0 aromatic carbocycles. The lowest BCUT2D eigenvalue weighted by Gasteiger charge is -2.17. The number of halogens is 2. The van der Waals surface area contributed by atoms with Crippen LogP contribution in [0.15, 0.2) is 36.9 Å². The van der Waals surface area contributed by atoms with Crippen LogP contribution in [0.3, 0.4) is 0 Å². The summed E-state index contributed by atoms with van der Waals surface area (Å²) in [7, 11) is 1.82. The molecule has 1 unspecified atom stereocenters. The minimum absolute atomic E-state index is 0.0342. The van der Waals surface area contributed by atoms with Gasteiger partial charge in [-0.15, -0.1) is 0 Å². The summed E-state index contributed by atoms with van der Waals surface area (Å²) < 4.78 is 13.2. The Morgan fingerprint density at radius 1 is 1.33 bits per heavy atom. The van der Waals surface area contributed by atoms with Gasteiger partial charge in [-0.2, -0.15) is 0 Å². The Balaban J connectivity index is 2.23. The van der Waals surface area contributed by atoms with Gasteiger partial charge in [0.25, 0.3) is 0 Å². The third-order valence-electron chi connectivity index (χ3n) is 2.76. The van der Waals surface area contributed by atoms with E-state index in [0.717, 1.165) is 11.1 Å². The van der Waals surface area contributed by atoms with Crippen molar-refractivity contribution in [3.8, 4) is 0 Å². The molecule has 2 rings (SSSR count). The molecule has 2 aromatic rings. The van der Waals surface area contributed by atoms with Crippen molar-refractivity contribution in [3.05, 3.63) is 58.9 Å². The van der Waals surface area contributed by atoms with E-state index in [4.69, 9.17) is 11.6 Å². The van der Waals surface area contributed by atoms with E-state index in [1.807, 2.05) is 13.1 Å². The zero-order valence-corrected chi connectivity index (χ0v) is 10.7. The van der Waals surface area contributed by atoms with Crippen molar-refractivity contribution in [2.75, 3.05) is 7.05 Å². The first-order valence-electron chi connectivity index (χ1n) is 5.57. The summed E-state index contributed by atoms with van der Waals surface area (Å²) in [5, 5.41) is 3.75. The van der Waals surface area contributed by atoms with E-state index in [0.29, 0.717) is 11.4 Å². The molecular weight excluding hydrogens is 253 g/mol. The molecule has 0 aliphatic heterocycles. The van der Waals surface area contributed by atoms with Crippen LogP contribution in [-0.2, 0) is 6.42 Å². The molecule has 0 radical (unpaired) electrons. The molecule has 0 spiro atoms. The van der Waals surface area contributed by atoms with Gasteiger partial charge < -0.3 is 5.32 Å². The summed E-state index contributed by atoms with van der Waals surface area (Å²) in [6.45, 7) is 0. The predicted octanol–water partition coefficient (Wildman–Crippen LogP) is 2.77. The molecule has 0 amide bonds. The summed E-state index contributed by atoms with van der Waals surface area (Å²) in [6.07, 6.45) is 6.79. The maximum Gasteiger partial charge on any atom is 0.141 e. The van der Waals surface area contributed by atoms with Crippen LogP contribution in [0.2, 0.25) is 5.02 Å². The Morgan fingerprint density at radius 2 is 2.17 bits per heavy atom. The van der Waals surface area contributed by atoms with Gasteiger partial charge in [-0.1, -0.05) is 11.6 Å². The van der Waals surface area contributed by atoms with Gasteiger partial charge in [-0.3, -0.25) is 9.97 Å². The topological polar surface area (TPSA) is 37.8 Å². The normalized spacial score (nSPS) is 12.4. The number of pyridine rings is 2. The van der Waals surface area contributed by atoms with E-state index in [2.05, 4.69) is 15.3 Å². The summed E-state index contributed by atoms with van der Waals surface area (Å²) in [4.78, 5) is 7.80. The maximum absolute atomic E-state index is 13.2. The van der Waals surface area contributed by atoms with Gasteiger partial charge in [-0.05, 0) is 36.7 Å². The number of likely N-dealkylation sites (N-methyl/N-ethyl adjacent to an activating group) is 1. The highest BCUT2D eigenvalue weighted by Gasteiger charge is 2.13. The number of nitrogens with zero attached hydrogens (tertiary/aromatic N) is 2. The first-order valence-corrected chi connectivity index (χ1v) is 5.94. The summed E-state index contributed by atoms with van der Waals surface area (Å²) in [6, 6.07) is 3.30. The van der Waals surface area contributed by atoms with E-state index >= 15 is 0 Å². The van der Waals surface area contributed by atoms with Crippen LogP contribution in [0, 0.1) is 5.82 Å². The van der Waals surface area contributed by atoms with E-state index in [9.17, 15) is 4.39 Å². The molecule has 18 heavy (non-hydrogen) atoms. The average Bonchev–Trinajstić information content (AvgIpc) is 2.38. The first-order chi connectivity index (χ1) is 8.70. The summed E-state index contributed by atoms with van der Waals surface area (Å²) in [5.41, 5.74) is 1.76. The fourth-order valence-corrected chi connectivity index (χ4v) is 1.99. The molecule has 0 aliphatic carbocycles. The molecule has 3 nitrogen and oxygen atoms in total.